The molecule has 0 aromatic heterocycles. The molecule has 0 aromatic rings. The summed E-state index contributed by atoms with van der Waals surface area (Å²) in [5.74, 6) is -0.639. The average molecular weight is 763 g/mol. The maximum atomic E-state index is 11.9. The van der Waals surface area contributed by atoms with Crippen molar-refractivity contribution in [3.63, 3.8) is 0 Å². The van der Waals surface area contributed by atoms with Crippen LogP contribution in [0.25, 0.3) is 0 Å². The predicted octanol–water partition coefficient (Wildman–Crippen LogP) is 17.6. The summed E-state index contributed by atoms with van der Waals surface area (Å²) in [6.45, 7) is 7.46. The van der Waals surface area contributed by atoms with Crippen LogP contribution in [-0.4, -0.2) is 23.7 Å². The molecule has 0 rings (SSSR count). The Bertz CT molecular complexity index is 732. The van der Waals surface area contributed by atoms with Gasteiger partial charge in [-0.2, -0.15) is 0 Å². The van der Waals surface area contributed by atoms with Crippen molar-refractivity contribution in [2.75, 3.05) is 6.61 Å². The van der Waals surface area contributed by atoms with Crippen molar-refractivity contribution in [2.24, 2.45) is 0 Å². The summed E-state index contributed by atoms with van der Waals surface area (Å²) in [4.78, 5) is 22.2. The van der Waals surface area contributed by atoms with E-state index in [1.54, 1.807) is 0 Å². The SMILES string of the molecule is CCCCCCCC/C=C\CCCCCCCC(=O)O.CCCCCCCCCCCCCCCCOC(=O)CCCCCCCCCCCCCCC. The van der Waals surface area contributed by atoms with Gasteiger partial charge in [0, 0.05) is 12.8 Å². The molecule has 4 nitrogen and oxygen atoms in total. The highest BCUT2D eigenvalue weighted by atomic mass is 16.5. The minimum Gasteiger partial charge on any atom is -0.481 e. The molecule has 0 bridgehead atoms. The Morgan fingerprint density at radius 3 is 0.926 bits per heavy atom. The van der Waals surface area contributed by atoms with Gasteiger partial charge in [-0.1, -0.05) is 245 Å². The third-order valence-corrected chi connectivity index (χ3v) is 10.9. The van der Waals surface area contributed by atoms with Gasteiger partial charge in [0.05, 0.1) is 6.61 Å². The highest BCUT2D eigenvalue weighted by molar-refractivity contribution is 5.69. The molecule has 0 atom stereocenters. The quantitative estimate of drug-likeness (QED) is 0.0381. The lowest BCUT2D eigenvalue weighted by Crippen LogP contribution is -2.05. The second-order valence-corrected chi connectivity index (χ2v) is 16.5. The maximum Gasteiger partial charge on any atom is 0.305 e. The summed E-state index contributed by atoms with van der Waals surface area (Å²) < 4.78 is 5.42. The van der Waals surface area contributed by atoms with Gasteiger partial charge in [-0.15, -0.1) is 0 Å². The predicted molar refractivity (Wildman–Crippen MR) is 239 cm³/mol. The molecule has 0 aliphatic heterocycles. The molecule has 0 saturated carbocycles. The third-order valence-electron chi connectivity index (χ3n) is 10.9. The first-order chi connectivity index (χ1) is 26.6. The van der Waals surface area contributed by atoms with Gasteiger partial charge in [-0.25, -0.2) is 0 Å². The molecule has 54 heavy (non-hydrogen) atoms. The lowest BCUT2D eigenvalue weighted by atomic mass is 10.0. The van der Waals surface area contributed by atoms with Gasteiger partial charge in [-0.3, -0.25) is 9.59 Å². The minimum atomic E-state index is -0.664. The Hall–Kier alpha value is -1.32. The zero-order valence-corrected chi connectivity index (χ0v) is 37.2. The molecule has 0 aromatic carbocycles. The number of esters is 1. The molecule has 0 aliphatic carbocycles. The van der Waals surface area contributed by atoms with Crippen molar-refractivity contribution in [3.05, 3.63) is 12.2 Å². The molecule has 0 saturated heterocycles. The van der Waals surface area contributed by atoms with Gasteiger partial charge in [0.1, 0.15) is 0 Å². The van der Waals surface area contributed by atoms with Crippen molar-refractivity contribution < 1.29 is 19.4 Å². The first-order valence-corrected chi connectivity index (χ1v) is 24.6. The van der Waals surface area contributed by atoms with E-state index in [2.05, 4.69) is 32.9 Å². The standard InChI is InChI=1S/C32H64O2.C18H34O2/c1-3-5-7-9-11-13-15-17-19-21-23-25-27-29-31-34-32(33)30-28-26-24-22-20-18-16-14-12-10-8-6-4-2;1-2-3-4-5-6-7-8-9-10-11-12-13-14-15-16-17-18(19)20/h3-31H2,1-2H3;9-10H,2-8,11-17H2,1H3,(H,19,20)/b;10-9-. The van der Waals surface area contributed by atoms with Crippen molar-refractivity contribution in [1.82, 2.24) is 0 Å². The number of carboxylic acids is 1. The molecular weight excluding hydrogens is 665 g/mol. The lowest BCUT2D eigenvalue weighted by Gasteiger charge is -2.06. The topological polar surface area (TPSA) is 63.6 Å². The van der Waals surface area contributed by atoms with Gasteiger partial charge >= 0.3 is 11.9 Å². The van der Waals surface area contributed by atoms with Gasteiger partial charge in [0.15, 0.2) is 0 Å². The Morgan fingerprint density at radius 1 is 0.352 bits per heavy atom. The number of carbonyl (C=O) groups excluding carboxylic acids is 1. The van der Waals surface area contributed by atoms with Crippen molar-refractivity contribution >= 4 is 11.9 Å². The minimum absolute atomic E-state index is 0.0257. The molecule has 0 unspecified atom stereocenters. The number of rotatable bonds is 44. The fraction of sp³-hybridized carbons (Fsp3) is 0.920. The van der Waals surface area contributed by atoms with E-state index in [0.29, 0.717) is 19.4 Å². The molecule has 1 N–H and O–H groups in total. The number of ether oxygens (including phenoxy) is 1. The average Bonchev–Trinajstić information content (AvgIpc) is 3.16. The monoisotopic (exact) mass is 763 g/mol. The molecule has 322 valence electrons. The lowest BCUT2D eigenvalue weighted by molar-refractivity contribution is -0.144. The highest BCUT2D eigenvalue weighted by Crippen LogP contribution is 2.15. The van der Waals surface area contributed by atoms with Crippen LogP contribution in [0.4, 0.5) is 0 Å². The van der Waals surface area contributed by atoms with E-state index in [-0.39, 0.29) is 5.97 Å². The number of allylic oxidation sites excluding steroid dienone is 2. The number of unbranched alkanes of at least 4 members (excludes halogenated alkanes) is 36. The smallest absolute Gasteiger partial charge is 0.305 e. The van der Waals surface area contributed by atoms with E-state index in [1.807, 2.05) is 0 Å². The fourth-order valence-electron chi connectivity index (χ4n) is 7.19. The summed E-state index contributed by atoms with van der Waals surface area (Å²) in [6, 6.07) is 0. The van der Waals surface area contributed by atoms with Crippen molar-refractivity contribution in [2.45, 2.75) is 290 Å². The number of hydrogen-bond donors (Lipinski definition) is 1. The fourth-order valence-corrected chi connectivity index (χ4v) is 7.19. The van der Waals surface area contributed by atoms with Gasteiger partial charge in [-0.05, 0) is 44.9 Å². The summed E-state index contributed by atoms with van der Waals surface area (Å²) >= 11 is 0. The van der Waals surface area contributed by atoms with E-state index < -0.39 is 5.97 Å². The number of aliphatic carboxylic acids is 1. The molecule has 0 aliphatic rings. The molecule has 0 spiro atoms. The van der Waals surface area contributed by atoms with E-state index in [0.717, 1.165) is 25.7 Å². The zero-order valence-electron chi connectivity index (χ0n) is 37.2. The normalized spacial score (nSPS) is 11.2. The number of hydrogen-bond acceptors (Lipinski definition) is 3. The van der Waals surface area contributed by atoms with Crippen LogP contribution in [0.5, 0.6) is 0 Å². The first kappa shape index (κ1) is 54.8. The Morgan fingerprint density at radius 2 is 0.611 bits per heavy atom. The highest BCUT2D eigenvalue weighted by Gasteiger charge is 2.03. The summed E-state index contributed by atoms with van der Waals surface area (Å²) in [6.07, 6.45) is 58.4. The van der Waals surface area contributed by atoms with Gasteiger partial charge in [0.2, 0.25) is 0 Å². The van der Waals surface area contributed by atoms with E-state index in [1.165, 1.54) is 231 Å². The maximum absolute atomic E-state index is 11.9. The van der Waals surface area contributed by atoms with Crippen LogP contribution < -0.4 is 0 Å². The van der Waals surface area contributed by atoms with Crippen LogP contribution in [0, 0.1) is 0 Å². The summed E-state index contributed by atoms with van der Waals surface area (Å²) in [5, 5.41) is 8.51. The second-order valence-electron chi connectivity index (χ2n) is 16.5. The third kappa shape index (κ3) is 55.0. The van der Waals surface area contributed by atoms with E-state index in [9.17, 15) is 9.59 Å². The van der Waals surface area contributed by atoms with Gasteiger partial charge in [0.25, 0.3) is 0 Å². The van der Waals surface area contributed by atoms with Crippen LogP contribution in [0.1, 0.15) is 290 Å². The van der Waals surface area contributed by atoms with E-state index >= 15 is 0 Å². The van der Waals surface area contributed by atoms with Gasteiger partial charge < -0.3 is 9.84 Å². The van der Waals surface area contributed by atoms with E-state index in [4.69, 9.17) is 9.84 Å². The summed E-state index contributed by atoms with van der Waals surface area (Å²) in [7, 11) is 0. The first-order valence-electron chi connectivity index (χ1n) is 24.6. The van der Waals surface area contributed by atoms with Crippen LogP contribution >= 0.6 is 0 Å². The Labute approximate surface area is 339 Å². The van der Waals surface area contributed by atoms with Crippen LogP contribution in [0.2, 0.25) is 0 Å². The molecule has 0 radical (unpaired) electrons. The Balaban J connectivity index is 0. The molecule has 0 fully saturated rings. The number of carbonyl (C=O) groups is 2. The Kier molecular flexibility index (Phi) is 52.4. The molecule has 0 amide bonds. The van der Waals surface area contributed by atoms with Crippen molar-refractivity contribution in [1.29, 1.82) is 0 Å². The van der Waals surface area contributed by atoms with Crippen LogP contribution in [0.15, 0.2) is 12.2 Å². The zero-order chi connectivity index (χ0) is 39.7. The molecular formula is C50H98O4. The summed E-state index contributed by atoms with van der Waals surface area (Å²) in [5.41, 5.74) is 0. The molecule has 4 heteroatoms. The van der Waals surface area contributed by atoms with Crippen molar-refractivity contribution in [3.8, 4) is 0 Å². The molecule has 0 heterocycles. The number of carboxylic acid groups (broad SMARTS) is 1. The van der Waals surface area contributed by atoms with Crippen LogP contribution in [-0.2, 0) is 14.3 Å². The second kappa shape index (κ2) is 51.7. The largest absolute Gasteiger partial charge is 0.481 e. The van der Waals surface area contributed by atoms with Crippen LogP contribution in [0.3, 0.4) is 0 Å².